The summed E-state index contributed by atoms with van der Waals surface area (Å²) in [5.74, 6) is -1.03. The third-order valence-corrected chi connectivity index (χ3v) is 3.67. The molecule has 20 heavy (non-hydrogen) atoms. The summed E-state index contributed by atoms with van der Waals surface area (Å²) in [6.45, 7) is 3.26. The second-order valence-electron chi connectivity index (χ2n) is 4.06. The van der Waals surface area contributed by atoms with Gasteiger partial charge in [0.1, 0.15) is 11.5 Å². The van der Waals surface area contributed by atoms with E-state index < -0.39 is 73.8 Å². The van der Waals surface area contributed by atoms with Crippen LogP contribution in [0, 0.1) is 0 Å². The number of aromatic hydroxyl groups is 1. The molecule has 1 N–H and O–H groups in total. The summed E-state index contributed by atoms with van der Waals surface area (Å²) < 4.78 is 93.3. The number of hydrogen-bond donors (Lipinski definition) is 1. The van der Waals surface area contributed by atoms with Crippen molar-refractivity contribution in [1.82, 2.24) is 0 Å². The van der Waals surface area contributed by atoms with E-state index in [4.69, 9.17) is 15.8 Å². The number of sulfone groups is 1. The Morgan fingerprint density at radius 3 is 2.35 bits per heavy atom. The van der Waals surface area contributed by atoms with Crippen LogP contribution in [-0.4, -0.2) is 21.1 Å². The maximum atomic E-state index is 13.0. The third-order valence-electron chi connectivity index (χ3n) is 2.12. The Hall–Kier alpha value is -2.01. The van der Waals surface area contributed by atoms with Crippen molar-refractivity contribution in [3.63, 3.8) is 0 Å². The molecular formula is C15H16O4S. The molecule has 4 nitrogen and oxygen atoms in total. The summed E-state index contributed by atoms with van der Waals surface area (Å²) in [7, 11) is -4.81. The molecule has 2 rings (SSSR count). The van der Waals surface area contributed by atoms with Gasteiger partial charge in [0.25, 0.3) is 1.43 Å². The van der Waals surface area contributed by atoms with E-state index in [1.165, 1.54) is 0 Å². The summed E-state index contributed by atoms with van der Waals surface area (Å²) in [6.07, 6.45) is -0.427. The Labute approximate surface area is 129 Å². The normalized spacial score (nSPS) is 16.9. The highest BCUT2D eigenvalue weighted by Crippen LogP contribution is 2.24. The Bertz CT molecular complexity index is 1020. The first-order chi connectivity index (χ1) is 12.9. The fourth-order valence-corrected chi connectivity index (χ4v) is 2.29. The maximum Gasteiger partial charge on any atom is 0.293 e. The molecule has 0 spiro atoms. The van der Waals surface area contributed by atoms with Crippen LogP contribution in [0.4, 0.5) is 0 Å². The summed E-state index contributed by atoms with van der Waals surface area (Å²) in [6, 6.07) is -4.88. The Balaban J connectivity index is 2.84. The van der Waals surface area contributed by atoms with Crippen molar-refractivity contribution < 1.29 is 27.9 Å². The van der Waals surface area contributed by atoms with Crippen LogP contribution in [0.5, 0.6) is 11.5 Å². The summed E-state index contributed by atoms with van der Waals surface area (Å²) >= 11 is 0. The molecule has 0 aliphatic carbocycles. The van der Waals surface area contributed by atoms with Crippen molar-refractivity contribution in [3.8, 4) is 11.5 Å². The van der Waals surface area contributed by atoms with Gasteiger partial charge in [-0.15, -0.1) is 0 Å². The van der Waals surface area contributed by atoms with Crippen molar-refractivity contribution in [2.45, 2.75) is 29.7 Å². The van der Waals surface area contributed by atoms with Gasteiger partial charge in [-0.1, -0.05) is 0 Å². The molecule has 2 aromatic carbocycles. The minimum Gasteiger partial charge on any atom is -0.508 e. The van der Waals surface area contributed by atoms with Crippen LogP contribution in [0.25, 0.3) is 0 Å². The van der Waals surface area contributed by atoms with Crippen molar-refractivity contribution in [2.24, 2.45) is 0 Å². The largest absolute Gasteiger partial charge is 0.508 e. The van der Waals surface area contributed by atoms with E-state index in [0.29, 0.717) is 0 Å². The van der Waals surface area contributed by atoms with Crippen LogP contribution in [0.15, 0.2) is 58.2 Å². The van der Waals surface area contributed by atoms with Gasteiger partial charge in [-0.3, -0.25) is 0 Å². The third kappa shape index (κ3) is 3.11. The molecule has 0 aromatic heterocycles. The number of benzene rings is 2. The quantitative estimate of drug-likeness (QED) is 0.922. The fraction of sp³-hybridized carbons (Fsp3) is 0.200. The summed E-state index contributed by atoms with van der Waals surface area (Å²) in [5.41, 5.74) is 0. The van der Waals surface area contributed by atoms with Gasteiger partial charge >= 0.3 is 0 Å². The monoisotopic (exact) mass is 300 g/mol. The van der Waals surface area contributed by atoms with E-state index in [9.17, 15) is 8.42 Å². The van der Waals surface area contributed by atoms with Crippen LogP contribution in [0.2, 0.25) is 0 Å². The molecule has 0 radical (unpaired) electrons. The van der Waals surface area contributed by atoms with E-state index >= 15 is 0 Å². The lowest BCUT2D eigenvalue weighted by atomic mass is 10.3. The molecule has 0 saturated heterocycles. The molecule has 0 heterocycles. The van der Waals surface area contributed by atoms with Gasteiger partial charge < -0.3 is 9.85 Å². The topological polar surface area (TPSA) is 63.6 Å². The second-order valence-corrected chi connectivity index (χ2v) is 5.92. The molecule has 0 aliphatic rings. The molecule has 0 aliphatic heterocycles. The Morgan fingerprint density at radius 1 is 1.10 bits per heavy atom. The molecular weight excluding hydrogens is 276 g/mol. The van der Waals surface area contributed by atoms with Crippen molar-refractivity contribution >= 4 is 9.84 Å². The van der Waals surface area contributed by atoms with Crippen LogP contribution in [-0.2, 0) is 9.84 Å². The molecule has 2 aromatic rings. The van der Waals surface area contributed by atoms with Crippen molar-refractivity contribution in [3.05, 3.63) is 48.4 Å². The van der Waals surface area contributed by atoms with Gasteiger partial charge in [0.15, 0.2) is 0 Å². The highest BCUT2D eigenvalue weighted by Gasteiger charge is 2.17. The summed E-state index contributed by atoms with van der Waals surface area (Å²) in [5, 5.41) is 4.05. The zero-order valence-corrected chi connectivity index (χ0v) is 11.5. The van der Waals surface area contributed by atoms with Gasteiger partial charge in [0.2, 0.25) is 9.84 Å². The van der Waals surface area contributed by atoms with Crippen LogP contribution in [0.1, 0.15) is 23.4 Å². The van der Waals surface area contributed by atoms with Gasteiger partial charge in [0.05, 0.1) is 25.5 Å². The Morgan fingerprint density at radius 2 is 1.75 bits per heavy atom. The van der Waals surface area contributed by atoms with Gasteiger partial charge in [-0.05, 0) is 62.2 Å². The Kier molecular flexibility index (Phi) is 1.98. The van der Waals surface area contributed by atoms with E-state index in [1.807, 2.05) is 0 Å². The number of hydrogen-bond acceptors (Lipinski definition) is 4. The van der Waals surface area contributed by atoms with E-state index in [1.54, 1.807) is 13.8 Å². The average Bonchev–Trinajstić information content (AvgIpc) is 2.60. The minimum absolute atomic E-state index is 0.281. The van der Waals surface area contributed by atoms with Gasteiger partial charge in [-0.25, -0.2) is 8.42 Å². The first-order valence-electron chi connectivity index (χ1n) is 9.53. The maximum absolute atomic E-state index is 13.0. The SMILES string of the molecule is [2H]Oc1c([2H])c([2H])c(S(=O)(=O)c2cc([2H])c(OC(C)C)c([2H])c2[2H])c([2H])c1[2H]. The molecule has 0 fully saturated rings. The molecule has 0 amide bonds. The second kappa shape index (κ2) is 5.54. The predicted molar refractivity (Wildman–Crippen MR) is 75.8 cm³/mol. The van der Waals surface area contributed by atoms with E-state index in [0.717, 1.165) is 6.07 Å². The molecule has 0 atom stereocenters. The zero-order valence-electron chi connectivity index (χ0n) is 18.7. The lowest BCUT2D eigenvalue weighted by molar-refractivity contribution is 0.242. The lowest BCUT2D eigenvalue weighted by Crippen LogP contribution is -2.06. The number of phenolic OH excluding ortho intramolecular Hbond substituents is 1. The van der Waals surface area contributed by atoms with E-state index in [2.05, 4.69) is 5.11 Å². The summed E-state index contributed by atoms with van der Waals surface area (Å²) in [4.78, 5) is -1.85. The molecule has 0 unspecified atom stereocenters. The first-order valence-corrected chi connectivity index (χ1v) is 7.10. The predicted octanol–water partition coefficient (Wildman–Crippen LogP) is 3.01. The first kappa shape index (κ1) is 7.13. The van der Waals surface area contributed by atoms with Crippen LogP contribution < -0.4 is 4.74 Å². The number of phenols is 1. The number of rotatable bonds is 5. The van der Waals surface area contributed by atoms with E-state index in [-0.39, 0.29) is 5.75 Å². The fourth-order valence-electron chi connectivity index (χ4n) is 1.30. The van der Waals surface area contributed by atoms with Crippen molar-refractivity contribution in [2.75, 3.05) is 0 Å². The lowest BCUT2D eigenvalue weighted by Gasteiger charge is -2.10. The number of ether oxygens (including phenoxy) is 1. The minimum atomic E-state index is -4.81. The molecule has 0 bridgehead atoms. The smallest absolute Gasteiger partial charge is 0.293 e. The molecule has 5 heteroatoms. The standard InChI is InChI=1S/C15H16O4S/c1-11(2)19-13-5-9-15(10-6-13)20(17,18)14-7-3-12(16)4-8-14/h3-11,16H,1-2H3/i3D,4D,5D,6D,7D,8D,9D/hD. The van der Waals surface area contributed by atoms with Crippen molar-refractivity contribution in [1.29, 1.82) is 1.43 Å². The highest BCUT2D eigenvalue weighted by molar-refractivity contribution is 7.91. The highest BCUT2D eigenvalue weighted by atomic mass is 32.2. The molecule has 0 saturated carbocycles. The average molecular weight is 300 g/mol. The zero-order chi connectivity index (χ0) is 21.5. The molecule has 106 valence electrons. The van der Waals surface area contributed by atoms with Crippen LogP contribution in [0.3, 0.4) is 0 Å². The van der Waals surface area contributed by atoms with Crippen LogP contribution >= 0.6 is 0 Å². The van der Waals surface area contributed by atoms with Gasteiger partial charge in [-0.2, -0.15) is 0 Å². The van der Waals surface area contributed by atoms with Gasteiger partial charge in [0, 0.05) is 0 Å².